The lowest BCUT2D eigenvalue weighted by atomic mass is 9.95. The van der Waals surface area contributed by atoms with Gasteiger partial charge in [0.25, 0.3) is 0 Å². The van der Waals surface area contributed by atoms with E-state index in [9.17, 15) is 0 Å². The van der Waals surface area contributed by atoms with Crippen molar-refractivity contribution in [1.82, 2.24) is 15.0 Å². The zero-order chi connectivity index (χ0) is 36.3. The number of aromatic nitrogens is 3. The van der Waals surface area contributed by atoms with Crippen molar-refractivity contribution in [1.29, 1.82) is 0 Å². The quantitative estimate of drug-likeness (QED) is 0.178. The van der Waals surface area contributed by atoms with Crippen LogP contribution in [0.25, 0.3) is 109 Å². The van der Waals surface area contributed by atoms with Gasteiger partial charge in [-0.25, -0.2) is 15.0 Å². The topological polar surface area (TPSA) is 38.7 Å². The predicted molar refractivity (Wildman–Crippen MR) is 232 cm³/mol. The van der Waals surface area contributed by atoms with Crippen LogP contribution in [-0.2, 0) is 0 Å². The normalized spacial score (nSPS) is 11.6. The molecule has 0 aliphatic carbocycles. The first kappa shape index (κ1) is 31.5. The first-order chi connectivity index (χ1) is 27.2. The van der Waals surface area contributed by atoms with Crippen LogP contribution >= 0.6 is 11.3 Å². The molecule has 0 atom stereocenters. The molecule has 0 saturated carbocycles. The Balaban J connectivity index is 0.980. The van der Waals surface area contributed by atoms with Gasteiger partial charge in [-0.15, -0.1) is 11.3 Å². The van der Waals surface area contributed by atoms with E-state index in [1.165, 1.54) is 64.0 Å². The smallest absolute Gasteiger partial charge is 0.164 e. The molecular formula is C51H31N3S. The van der Waals surface area contributed by atoms with Gasteiger partial charge in [-0.2, -0.15) is 0 Å². The Labute approximate surface area is 321 Å². The average molecular weight is 718 g/mol. The van der Waals surface area contributed by atoms with E-state index in [1.807, 2.05) is 29.5 Å². The molecule has 256 valence electrons. The van der Waals surface area contributed by atoms with E-state index >= 15 is 0 Å². The molecule has 4 heteroatoms. The van der Waals surface area contributed by atoms with Crippen molar-refractivity contribution in [2.24, 2.45) is 0 Å². The number of benzene rings is 9. The number of rotatable bonds is 5. The van der Waals surface area contributed by atoms with Crippen LogP contribution in [0, 0.1) is 0 Å². The molecule has 9 aromatic carbocycles. The lowest BCUT2D eigenvalue weighted by molar-refractivity contribution is 1.08. The summed E-state index contributed by atoms with van der Waals surface area (Å²) in [5.41, 5.74) is 7.67. The van der Waals surface area contributed by atoms with Crippen molar-refractivity contribution in [3.63, 3.8) is 0 Å². The molecule has 3 nitrogen and oxygen atoms in total. The highest BCUT2D eigenvalue weighted by Crippen LogP contribution is 2.39. The van der Waals surface area contributed by atoms with E-state index in [4.69, 9.17) is 15.0 Å². The third-order valence-electron chi connectivity index (χ3n) is 10.6. The molecule has 0 aliphatic heterocycles. The molecule has 0 radical (unpaired) electrons. The number of fused-ring (bicyclic) bond motifs is 6. The summed E-state index contributed by atoms with van der Waals surface area (Å²) in [7, 11) is 0. The maximum absolute atomic E-state index is 5.13. The number of nitrogens with zero attached hydrogens (tertiary/aromatic N) is 3. The molecular weight excluding hydrogens is 687 g/mol. The fourth-order valence-electron chi connectivity index (χ4n) is 7.76. The van der Waals surface area contributed by atoms with Crippen molar-refractivity contribution in [3.05, 3.63) is 188 Å². The summed E-state index contributed by atoms with van der Waals surface area (Å²) in [6.07, 6.45) is 0. The molecule has 0 amide bonds. The second-order valence-corrected chi connectivity index (χ2v) is 15.2. The number of thiophene rings is 1. The minimum absolute atomic E-state index is 0.652. The Morgan fingerprint density at radius 1 is 0.255 bits per heavy atom. The Bertz CT molecular complexity index is 3270. The van der Waals surface area contributed by atoms with Gasteiger partial charge in [0.2, 0.25) is 0 Å². The van der Waals surface area contributed by atoms with Gasteiger partial charge in [-0.1, -0.05) is 133 Å². The molecule has 0 fully saturated rings. The Morgan fingerprint density at radius 2 is 0.691 bits per heavy atom. The first-order valence-electron chi connectivity index (χ1n) is 18.5. The molecule has 0 saturated heterocycles. The fourth-order valence-corrected chi connectivity index (χ4v) is 8.88. The van der Waals surface area contributed by atoms with Crippen LogP contribution in [0.1, 0.15) is 0 Å². The van der Waals surface area contributed by atoms with Gasteiger partial charge in [0, 0.05) is 36.9 Å². The van der Waals surface area contributed by atoms with Crippen molar-refractivity contribution in [2.75, 3.05) is 0 Å². The average Bonchev–Trinajstić information content (AvgIpc) is 3.61. The summed E-state index contributed by atoms with van der Waals surface area (Å²) in [5, 5.41) is 9.78. The number of hydrogen-bond donors (Lipinski definition) is 0. The fraction of sp³-hybridized carbons (Fsp3) is 0. The van der Waals surface area contributed by atoms with Crippen molar-refractivity contribution in [2.45, 2.75) is 0 Å². The van der Waals surface area contributed by atoms with Crippen LogP contribution in [0.5, 0.6) is 0 Å². The van der Waals surface area contributed by atoms with E-state index in [0.717, 1.165) is 27.5 Å². The Morgan fingerprint density at radius 3 is 1.38 bits per heavy atom. The van der Waals surface area contributed by atoms with Crippen molar-refractivity contribution in [3.8, 4) is 56.4 Å². The molecule has 2 aromatic heterocycles. The number of hydrogen-bond acceptors (Lipinski definition) is 4. The maximum atomic E-state index is 5.13. The molecule has 55 heavy (non-hydrogen) atoms. The van der Waals surface area contributed by atoms with Crippen LogP contribution in [-0.4, -0.2) is 15.0 Å². The second kappa shape index (κ2) is 12.8. The van der Waals surface area contributed by atoms with Crippen LogP contribution in [0.15, 0.2) is 188 Å². The van der Waals surface area contributed by atoms with Gasteiger partial charge in [-0.05, 0) is 109 Å². The summed E-state index contributed by atoms with van der Waals surface area (Å²) in [5.74, 6) is 1.97. The molecule has 0 bridgehead atoms. The minimum atomic E-state index is 0.652. The third kappa shape index (κ3) is 5.72. The monoisotopic (exact) mass is 717 g/mol. The molecule has 0 spiro atoms. The van der Waals surface area contributed by atoms with Crippen molar-refractivity contribution < 1.29 is 0 Å². The zero-order valence-corrected chi connectivity index (χ0v) is 30.5. The van der Waals surface area contributed by atoms with Crippen LogP contribution in [0.3, 0.4) is 0 Å². The van der Waals surface area contributed by atoms with E-state index in [0.29, 0.717) is 17.5 Å². The molecule has 0 N–H and O–H groups in total. The largest absolute Gasteiger partial charge is 0.208 e. The molecule has 11 aromatic rings. The summed E-state index contributed by atoms with van der Waals surface area (Å²) in [4.78, 5) is 15.2. The van der Waals surface area contributed by atoms with Crippen LogP contribution in [0.4, 0.5) is 0 Å². The Hall–Kier alpha value is -7.01. The Kier molecular flexibility index (Phi) is 7.35. The van der Waals surface area contributed by atoms with E-state index in [2.05, 4.69) is 170 Å². The molecule has 11 rings (SSSR count). The van der Waals surface area contributed by atoms with E-state index in [1.54, 1.807) is 0 Å². The van der Waals surface area contributed by atoms with Gasteiger partial charge >= 0.3 is 0 Å². The summed E-state index contributed by atoms with van der Waals surface area (Å²) in [6, 6.07) is 67.2. The standard InChI is InChI=1S/C51H31N3S/c1-2-10-33(11-3-1)49-52-50(54-51(53-49)44-23-24-47-45(30-44)46-29-37-13-6-7-14-38(37)31-48(46)55-47)43-22-21-41-27-40(19-20-42(41)28-43)36-16-8-15-35(26-36)39-18-17-32-9-4-5-12-34(32)25-39/h1-31H. The summed E-state index contributed by atoms with van der Waals surface area (Å²) in [6.45, 7) is 0. The first-order valence-corrected chi connectivity index (χ1v) is 19.3. The molecule has 2 heterocycles. The maximum Gasteiger partial charge on any atom is 0.164 e. The minimum Gasteiger partial charge on any atom is -0.208 e. The lowest BCUT2D eigenvalue weighted by Gasteiger charge is -2.11. The molecule has 0 unspecified atom stereocenters. The van der Waals surface area contributed by atoms with Gasteiger partial charge in [-0.3, -0.25) is 0 Å². The van der Waals surface area contributed by atoms with E-state index < -0.39 is 0 Å². The molecule has 0 aliphatic rings. The SMILES string of the molecule is c1ccc(-c2nc(-c3ccc4cc(-c5cccc(-c6ccc7ccccc7c6)c5)ccc4c3)nc(-c3ccc4sc5cc6ccccc6cc5c4c3)n2)cc1. The van der Waals surface area contributed by atoms with Gasteiger partial charge in [0.1, 0.15) is 0 Å². The predicted octanol–water partition coefficient (Wildman–Crippen LogP) is 14.0. The second-order valence-electron chi connectivity index (χ2n) is 14.1. The van der Waals surface area contributed by atoms with Gasteiger partial charge < -0.3 is 0 Å². The van der Waals surface area contributed by atoms with Gasteiger partial charge in [0.05, 0.1) is 0 Å². The lowest BCUT2D eigenvalue weighted by Crippen LogP contribution is -2.00. The van der Waals surface area contributed by atoms with Crippen molar-refractivity contribution >= 4 is 63.8 Å². The van der Waals surface area contributed by atoms with Gasteiger partial charge in [0.15, 0.2) is 17.5 Å². The third-order valence-corrected chi connectivity index (χ3v) is 11.8. The highest BCUT2D eigenvalue weighted by Gasteiger charge is 2.15. The summed E-state index contributed by atoms with van der Waals surface area (Å²) < 4.78 is 2.53. The van der Waals surface area contributed by atoms with Crippen LogP contribution < -0.4 is 0 Å². The summed E-state index contributed by atoms with van der Waals surface area (Å²) >= 11 is 1.83. The highest BCUT2D eigenvalue weighted by molar-refractivity contribution is 7.25. The zero-order valence-electron chi connectivity index (χ0n) is 29.6. The van der Waals surface area contributed by atoms with E-state index in [-0.39, 0.29) is 0 Å². The highest BCUT2D eigenvalue weighted by atomic mass is 32.1. The van der Waals surface area contributed by atoms with Crippen LogP contribution in [0.2, 0.25) is 0 Å².